The third-order valence-electron chi connectivity index (χ3n) is 4.76. The van der Waals surface area contributed by atoms with Crippen LogP contribution in [0.25, 0.3) is 5.95 Å². The van der Waals surface area contributed by atoms with Crippen LogP contribution in [0.3, 0.4) is 0 Å². The third kappa shape index (κ3) is 5.30. The van der Waals surface area contributed by atoms with Crippen LogP contribution in [0.1, 0.15) is 11.8 Å². The number of anilines is 2. The summed E-state index contributed by atoms with van der Waals surface area (Å²) in [5, 5.41) is 11.6. The molecule has 0 atom stereocenters. The van der Waals surface area contributed by atoms with Gasteiger partial charge in [-0.05, 0) is 50.0 Å². The second kappa shape index (κ2) is 9.16. The molecule has 0 saturated carbocycles. The topological polar surface area (TPSA) is 103 Å². The molecule has 0 aliphatic carbocycles. The van der Waals surface area contributed by atoms with Crippen molar-refractivity contribution in [1.29, 1.82) is 5.41 Å². The summed E-state index contributed by atoms with van der Waals surface area (Å²) in [6, 6.07) is 7.55. The van der Waals surface area contributed by atoms with E-state index in [2.05, 4.69) is 32.1 Å². The molecule has 0 spiro atoms. The van der Waals surface area contributed by atoms with Gasteiger partial charge in [0, 0.05) is 54.8 Å². The Bertz CT molecular complexity index is 1130. The van der Waals surface area contributed by atoms with Crippen molar-refractivity contribution in [2.75, 3.05) is 43.4 Å². The standard InChI is InChI=1S/C20H24N8OS2/c1-13-12-28(17(21)30-13)19-23-18(27-10-8-26(3)9-11-27)24-20(25-19)31-16-6-4-15(5-7-16)22-14(2)29/h4-7,12,21H,8-11H2,1-3H3,(H,22,29). The lowest BCUT2D eigenvalue weighted by molar-refractivity contribution is -0.114. The second-order valence-corrected chi connectivity index (χ2v) is 9.61. The summed E-state index contributed by atoms with van der Waals surface area (Å²) >= 11 is 2.82. The molecular formula is C20H24N8OS2. The Morgan fingerprint density at radius 2 is 1.77 bits per heavy atom. The average Bonchev–Trinajstić information content (AvgIpc) is 3.07. The van der Waals surface area contributed by atoms with Crippen LogP contribution in [0.2, 0.25) is 0 Å². The summed E-state index contributed by atoms with van der Waals surface area (Å²) in [4.78, 5) is 32.1. The number of nitrogens with one attached hydrogen (secondary N) is 2. The van der Waals surface area contributed by atoms with Crippen molar-refractivity contribution < 1.29 is 4.79 Å². The Hall–Kier alpha value is -2.76. The van der Waals surface area contributed by atoms with E-state index in [0.29, 0.717) is 21.9 Å². The van der Waals surface area contributed by atoms with E-state index in [1.54, 1.807) is 4.57 Å². The lowest BCUT2D eigenvalue weighted by Crippen LogP contribution is -2.45. The molecule has 1 aromatic carbocycles. The van der Waals surface area contributed by atoms with Gasteiger partial charge >= 0.3 is 0 Å². The molecule has 11 heteroatoms. The molecule has 1 aliphatic heterocycles. The number of hydrogen-bond donors (Lipinski definition) is 2. The summed E-state index contributed by atoms with van der Waals surface area (Å²) in [5.41, 5.74) is 0.745. The molecule has 0 bridgehead atoms. The zero-order valence-corrected chi connectivity index (χ0v) is 19.3. The first-order chi connectivity index (χ1) is 14.9. The van der Waals surface area contributed by atoms with Crippen LogP contribution in [0.4, 0.5) is 11.6 Å². The molecular weight excluding hydrogens is 432 g/mol. The van der Waals surface area contributed by atoms with Gasteiger partial charge in [-0.2, -0.15) is 15.0 Å². The van der Waals surface area contributed by atoms with Crippen LogP contribution in [0.15, 0.2) is 40.5 Å². The van der Waals surface area contributed by atoms with Crippen molar-refractivity contribution in [1.82, 2.24) is 24.4 Å². The number of hydrogen-bond acceptors (Lipinski definition) is 9. The molecule has 4 rings (SSSR count). The number of rotatable bonds is 5. The maximum absolute atomic E-state index is 11.2. The number of aryl methyl sites for hydroxylation is 1. The Kier molecular flexibility index (Phi) is 6.35. The van der Waals surface area contributed by atoms with E-state index in [4.69, 9.17) is 10.4 Å². The molecule has 1 fully saturated rings. The normalized spacial score (nSPS) is 14.6. The smallest absolute Gasteiger partial charge is 0.241 e. The van der Waals surface area contributed by atoms with Crippen LogP contribution < -0.4 is 15.0 Å². The highest BCUT2D eigenvalue weighted by Crippen LogP contribution is 2.28. The molecule has 1 amide bonds. The van der Waals surface area contributed by atoms with Crippen molar-refractivity contribution in [3.8, 4) is 5.95 Å². The van der Waals surface area contributed by atoms with Crippen LogP contribution >= 0.6 is 23.1 Å². The molecule has 1 saturated heterocycles. The van der Waals surface area contributed by atoms with Gasteiger partial charge in [0.2, 0.25) is 17.8 Å². The Morgan fingerprint density at radius 3 is 2.39 bits per heavy atom. The minimum absolute atomic E-state index is 0.103. The third-order valence-corrected chi connectivity index (χ3v) is 6.45. The predicted molar refractivity (Wildman–Crippen MR) is 122 cm³/mol. The molecule has 3 heterocycles. The van der Waals surface area contributed by atoms with Crippen LogP contribution in [0, 0.1) is 12.3 Å². The van der Waals surface area contributed by atoms with E-state index in [9.17, 15) is 4.79 Å². The van der Waals surface area contributed by atoms with E-state index in [1.807, 2.05) is 37.4 Å². The fourth-order valence-electron chi connectivity index (χ4n) is 3.17. The number of carbonyl (C=O) groups excluding carboxylic acids is 1. The Balaban J connectivity index is 1.66. The van der Waals surface area contributed by atoms with Crippen LogP contribution in [-0.4, -0.2) is 63.6 Å². The largest absolute Gasteiger partial charge is 0.338 e. The highest BCUT2D eigenvalue weighted by atomic mass is 32.2. The van der Waals surface area contributed by atoms with Gasteiger partial charge in [-0.3, -0.25) is 14.8 Å². The van der Waals surface area contributed by atoms with Crippen molar-refractivity contribution in [2.24, 2.45) is 0 Å². The average molecular weight is 457 g/mol. The molecule has 162 valence electrons. The lowest BCUT2D eigenvalue weighted by atomic mass is 10.3. The second-order valence-electron chi connectivity index (χ2n) is 7.33. The molecule has 2 N–H and O–H groups in total. The van der Waals surface area contributed by atoms with Gasteiger partial charge in [-0.1, -0.05) is 0 Å². The summed E-state index contributed by atoms with van der Waals surface area (Å²) in [6.07, 6.45) is 1.88. The van der Waals surface area contributed by atoms with Gasteiger partial charge in [0.05, 0.1) is 0 Å². The number of thiazole rings is 1. The summed E-state index contributed by atoms with van der Waals surface area (Å²) in [6.45, 7) is 7.03. The minimum atomic E-state index is -0.103. The molecule has 3 aromatic rings. The number of nitrogens with zero attached hydrogens (tertiary/aromatic N) is 6. The quantitative estimate of drug-likeness (QED) is 0.608. The van der Waals surface area contributed by atoms with Crippen molar-refractivity contribution in [3.05, 3.63) is 40.1 Å². The highest BCUT2D eigenvalue weighted by molar-refractivity contribution is 7.99. The van der Waals surface area contributed by atoms with Gasteiger partial charge in [0.1, 0.15) is 0 Å². The van der Waals surface area contributed by atoms with Gasteiger partial charge in [-0.15, -0.1) is 11.3 Å². The summed E-state index contributed by atoms with van der Waals surface area (Å²) in [7, 11) is 2.11. The minimum Gasteiger partial charge on any atom is -0.338 e. The number of carbonyl (C=O) groups is 1. The van der Waals surface area contributed by atoms with Gasteiger partial charge < -0.3 is 15.1 Å². The first-order valence-corrected chi connectivity index (χ1v) is 11.5. The molecule has 2 aromatic heterocycles. The predicted octanol–water partition coefficient (Wildman–Crippen LogP) is 2.37. The maximum Gasteiger partial charge on any atom is 0.241 e. The van der Waals surface area contributed by atoms with E-state index < -0.39 is 0 Å². The van der Waals surface area contributed by atoms with E-state index in [-0.39, 0.29) is 5.91 Å². The Morgan fingerprint density at radius 1 is 1.10 bits per heavy atom. The van der Waals surface area contributed by atoms with E-state index in [0.717, 1.165) is 41.6 Å². The Labute approximate surface area is 188 Å². The zero-order valence-electron chi connectivity index (χ0n) is 17.6. The lowest BCUT2D eigenvalue weighted by Gasteiger charge is -2.32. The van der Waals surface area contributed by atoms with Crippen molar-refractivity contribution in [3.63, 3.8) is 0 Å². The highest BCUT2D eigenvalue weighted by Gasteiger charge is 2.20. The van der Waals surface area contributed by atoms with Crippen molar-refractivity contribution in [2.45, 2.75) is 23.9 Å². The van der Waals surface area contributed by atoms with E-state index in [1.165, 1.54) is 30.0 Å². The maximum atomic E-state index is 11.2. The first kappa shape index (κ1) is 21.5. The van der Waals surface area contributed by atoms with E-state index >= 15 is 0 Å². The van der Waals surface area contributed by atoms with Crippen molar-refractivity contribution >= 4 is 40.6 Å². The first-order valence-electron chi connectivity index (χ1n) is 9.86. The summed E-state index contributed by atoms with van der Waals surface area (Å²) < 4.78 is 1.70. The monoisotopic (exact) mass is 456 g/mol. The molecule has 0 radical (unpaired) electrons. The summed E-state index contributed by atoms with van der Waals surface area (Å²) in [5.74, 6) is 0.982. The zero-order chi connectivity index (χ0) is 22.0. The number of benzene rings is 1. The molecule has 31 heavy (non-hydrogen) atoms. The van der Waals surface area contributed by atoms with Crippen LogP contribution in [-0.2, 0) is 4.79 Å². The van der Waals surface area contributed by atoms with Crippen LogP contribution in [0.5, 0.6) is 0 Å². The number of piperazine rings is 1. The number of likely N-dealkylation sites (N-methyl/N-ethyl adjacent to an activating group) is 1. The molecule has 9 nitrogen and oxygen atoms in total. The molecule has 0 unspecified atom stereocenters. The fourth-order valence-corrected chi connectivity index (χ4v) is 4.60. The molecule has 1 aliphatic rings. The van der Waals surface area contributed by atoms with Gasteiger partial charge in [0.25, 0.3) is 0 Å². The van der Waals surface area contributed by atoms with Gasteiger partial charge in [0.15, 0.2) is 9.96 Å². The SMILES string of the molecule is CC(=O)Nc1ccc(Sc2nc(N3CCN(C)CC3)nc(-n3cc(C)sc3=N)n2)cc1. The number of amides is 1. The number of aromatic nitrogens is 4. The van der Waals surface area contributed by atoms with Gasteiger partial charge in [-0.25, -0.2) is 0 Å². The fraction of sp³-hybridized carbons (Fsp3) is 0.350.